The molecular weight excluding hydrogens is 203 g/mol. The Morgan fingerprint density at radius 3 is 2.12 bits per heavy atom. The second-order valence-electron chi connectivity index (χ2n) is 4.74. The van der Waals surface area contributed by atoms with Crippen LogP contribution in [0, 0.1) is 5.92 Å². The lowest BCUT2D eigenvalue weighted by atomic mass is 9.90. The van der Waals surface area contributed by atoms with E-state index in [9.17, 15) is 9.50 Å². The van der Waals surface area contributed by atoms with Gasteiger partial charge in [0.1, 0.15) is 11.9 Å². The highest BCUT2D eigenvalue weighted by atomic mass is 19.1. The molecule has 1 nitrogen and oxygen atoms in total. The van der Waals surface area contributed by atoms with Crippen molar-refractivity contribution >= 4 is 0 Å². The Morgan fingerprint density at radius 1 is 1.00 bits per heavy atom. The molecule has 1 saturated carbocycles. The van der Waals surface area contributed by atoms with Crippen molar-refractivity contribution in [1.29, 1.82) is 0 Å². The monoisotopic (exact) mass is 222 g/mol. The summed E-state index contributed by atoms with van der Waals surface area (Å²) in [5, 5.41) is 9.17. The first-order valence-electron chi connectivity index (χ1n) is 6.20. The molecule has 1 aromatic rings. The Labute approximate surface area is 96.3 Å². The fourth-order valence-corrected chi connectivity index (χ4v) is 2.53. The quantitative estimate of drug-likeness (QED) is 0.736. The average molecular weight is 222 g/mol. The van der Waals surface area contributed by atoms with E-state index in [2.05, 4.69) is 0 Å². The number of phenols is 1. The van der Waals surface area contributed by atoms with E-state index in [1.165, 1.54) is 12.8 Å². The van der Waals surface area contributed by atoms with Crippen LogP contribution in [-0.2, 0) is 0 Å². The largest absolute Gasteiger partial charge is 0.508 e. The van der Waals surface area contributed by atoms with Crippen LogP contribution in [-0.4, -0.2) is 5.11 Å². The Morgan fingerprint density at radius 2 is 1.56 bits per heavy atom. The van der Waals surface area contributed by atoms with E-state index < -0.39 is 6.17 Å². The smallest absolute Gasteiger partial charge is 0.128 e. The molecule has 2 rings (SSSR count). The normalized spacial score (nSPS) is 20.3. The lowest BCUT2D eigenvalue weighted by molar-refractivity contribution is 0.211. The van der Waals surface area contributed by atoms with Crippen LogP contribution in [0.2, 0.25) is 0 Å². The van der Waals surface area contributed by atoms with Gasteiger partial charge in [-0.1, -0.05) is 37.8 Å². The molecule has 1 aliphatic carbocycles. The number of aromatic hydroxyl groups is 1. The van der Waals surface area contributed by atoms with Gasteiger partial charge >= 0.3 is 0 Å². The van der Waals surface area contributed by atoms with Gasteiger partial charge in [0.25, 0.3) is 0 Å². The Kier molecular flexibility index (Phi) is 3.81. The van der Waals surface area contributed by atoms with Gasteiger partial charge in [-0.3, -0.25) is 0 Å². The highest BCUT2D eigenvalue weighted by molar-refractivity contribution is 5.27. The molecule has 0 saturated heterocycles. The van der Waals surface area contributed by atoms with Crippen molar-refractivity contribution in [3.05, 3.63) is 29.8 Å². The van der Waals surface area contributed by atoms with Crippen molar-refractivity contribution in [2.75, 3.05) is 0 Å². The molecule has 16 heavy (non-hydrogen) atoms. The molecule has 2 heteroatoms. The predicted octanol–water partition coefficient (Wildman–Crippen LogP) is 4.37. The van der Waals surface area contributed by atoms with Crippen LogP contribution < -0.4 is 0 Å². The van der Waals surface area contributed by atoms with Gasteiger partial charge in [0, 0.05) is 0 Å². The molecule has 0 aliphatic heterocycles. The van der Waals surface area contributed by atoms with Crippen LogP contribution in [0.5, 0.6) is 5.75 Å². The Hall–Kier alpha value is -1.05. The molecule has 1 atom stereocenters. The number of rotatable bonds is 2. The minimum atomic E-state index is -0.862. The number of hydrogen-bond donors (Lipinski definition) is 1. The van der Waals surface area contributed by atoms with Crippen molar-refractivity contribution in [2.45, 2.75) is 44.7 Å². The van der Waals surface area contributed by atoms with E-state index in [1.54, 1.807) is 24.3 Å². The summed E-state index contributed by atoms with van der Waals surface area (Å²) < 4.78 is 14.3. The van der Waals surface area contributed by atoms with Crippen LogP contribution in [0.25, 0.3) is 0 Å². The highest BCUT2D eigenvalue weighted by Crippen LogP contribution is 2.36. The van der Waals surface area contributed by atoms with E-state index >= 15 is 0 Å². The van der Waals surface area contributed by atoms with Crippen LogP contribution in [0.1, 0.15) is 50.3 Å². The molecule has 0 radical (unpaired) electrons. The zero-order valence-electron chi connectivity index (χ0n) is 9.53. The summed E-state index contributed by atoms with van der Waals surface area (Å²) in [6, 6.07) is 6.53. The molecule has 1 aliphatic rings. The van der Waals surface area contributed by atoms with E-state index in [4.69, 9.17) is 0 Å². The van der Waals surface area contributed by atoms with Crippen molar-refractivity contribution in [2.24, 2.45) is 5.92 Å². The fourth-order valence-electron chi connectivity index (χ4n) is 2.53. The van der Waals surface area contributed by atoms with E-state index in [0.717, 1.165) is 25.7 Å². The molecule has 0 spiro atoms. The molecule has 0 heterocycles. The molecular formula is C14H19FO. The van der Waals surface area contributed by atoms with Crippen molar-refractivity contribution in [3.8, 4) is 5.75 Å². The van der Waals surface area contributed by atoms with Gasteiger partial charge in [-0.15, -0.1) is 0 Å². The summed E-state index contributed by atoms with van der Waals surface area (Å²) in [7, 11) is 0. The van der Waals surface area contributed by atoms with Gasteiger partial charge in [-0.25, -0.2) is 4.39 Å². The summed E-state index contributed by atoms with van der Waals surface area (Å²) >= 11 is 0. The van der Waals surface area contributed by atoms with Crippen molar-refractivity contribution < 1.29 is 9.50 Å². The van der Waals surface area contributed by atoms with Gasteiger partial charge in [-0.05, 0) is 36.5 Å². The fraction of sp³-hybridized carbons (Fsp3) is 0.571. The van der Waals surface area contributed by atoms with Gasteiger partial charge in [0.15, 0.2) is 0 Å². The summed E-state index contributed by atoms with van der Waals surface area (Å²) in [4.78, 5) is 0. The lowest BCUT2D eigenvalue weighted by Crippen LogP contribution is -2.07. The number of hydrogen-bond acceptors (Lipinski definition) is 1. The zero-order valence-corrected chi connectivity index (χ0v) is 9.53. The minimum Gasteiger partial charge on any atom is -0.508 e. The number of halogens is 1. The van der Waals surface area contributed by atoms with Gasteiger partial charge < -0.3 is 5.11 Å². The van der Waals surface area contributed by atoms with E-state index in [1.807, 2.05) is 0 Å². The predicted molar refractivity (Wildman–Crippen MR) is 63.1 cm³/mol. The van der Waals surface area contributed by atoms with Crippen LogP contribution in [0.15, 0.2) is 24.3 Å². The first-order valence-corrected chi connectivity index (χ1v) is 6.20. The van der Waals surface area contributed by atoms with Gasteiger partial charge in [0.2, 0.25) is 0 Å². The standard InChI is InChI=1S/C14H19FO/c15-14(11-5-3-1-2-4-6-11)12-7-9-13(16)10-8-12/h7-11,14,16H,1-6H2. The number of phenolic OH excluding ortho intramolecular Hbond substituents is 1. The molecule has 1 N–H and O–H groups in total. The Balaban J connectivity index is 2.04. The van der Waals surface area contributed by atoms with E-state index in [0.29, 0.717) is 5.56 Å². The topological polar surface area (TPSA) is 20.2 Å². The zero-order chi connectivity index (χ0) is 11.4. The molecule has 1 fully saturated rings. The summed E-state index contributed by atoms with van der Waals surface area (Å²) in [5.41, 5.74) is 0.713. The van der Waals surface area contributed by atoms with Crippen LogP contribution >= 0.6 is 0 Å². The molecule has 0 bridgehead atoms. The first kappa shape index (κ1) is 11.4. The maximum absolute atomic E-state index is 14.3. The molecule has 88 valence electrons. The summed E-state index contributed by atoms with van der Waals surface area (Å²) in [5.74, 6) is 0.379. The van der Waals surface area contributed by atoms with E-state index in [-0.39, 0.29) is 11.7 Å². The maximum atomic E-state index is 14.3. The Bertz CT molecular complexity index is 312. The van der Waals surface area contributed by atoms with Crippen molar-refractivity contribution in [1.82, 2.24) is 0 Å². The highest BCUT2D eigenvalue weighted by Gasteiger charge is 2.23. The number of benzene rings is 1. The van der Waals surface area contributed by atoms with Crippen LogP contribution in [0.4, 0.5) is 4.39 Å². The third-order valence-electron chi connectivity index (χ3n) is 3.53. The minimum absolute atomic E-state index is 0.173. The molecule has 1 aromatic carbocycles. The lowest BCUT2D eigenvalue weighted by Gasteiger charge is -2.19. The summed E-state index contributed by atoms with van der Waals surface area (Å²) in [6.45, 7) is 0. The maximum Gasteiger partial charge on any atom is 0.128 e. The molecule has 0 aromatic heterocycles. The first-order chi connectivity index (χ1) is 7.77. The van der Waals surface area contributed by atoms with Gasteiger partial charge in [-0.2, -0.15) is 0 Å². The number of alkyl halides is 1. The second-order valence-corrected chi connectivity index (χ2v) is 4.74. The third kappa shape index (κ3) is 2.75. The van der Waals surface area contributed by atoms with Crippen molar-refractivity contribution in [3.63, 3.8) is 0 Å². The van der Waals surface area contributed by atoms with Crippen LogP contribution in [0.3, 0.4) is 0 Å². The molecule has 0 amide bonds. The van der Waals surface area contributed by atoms with Gasteiger partial charge in [0.05, 0.1) is 0 Å². The molecule has 1 unspecified atom stereocenters. The summed E-state index contributed by atoms with van der Waals surface area (Å²) in [6.07, 6.45) is 5.95. The third-order valence-corrected chi connectivity index (χ3v) is 3.53. The average Bonchev–Trinajstić information content (AvgIpc) is 2.57. The SMILES string of the molecule is Oc1ccc(C(F)C2CCCCCC2)cc1. The second kappa shape index (κ2) is 5.33.